The van der Waals surface area contributed by atoms with E-state index >= 15 is 0 Å². The van der Waals surface area contributed by atoms with Crippen LogP contribution in [0.1, 0.15) is 40.7 Å². The molecule has 0 radical (unpaired) electrons. The Morgan fingerprint density at radius 1 is 1.29 bits per heavy atom. The quantitative estimate of drug-likeness (QED) is 0.457. The second-order valence-corrected chi connectivity index (χ2v) is 8.46. The summed E-state index contributed by atoms with van der Waals surface area (Å²) in [5.41, 5.74) is 3.45. The molecule has 0 saturated heterocycles. The molecule has 1 aromatic carbocycles. The number of aromatic nitrogens is 2. The molecule has 8 nitrogen and oxygen atoms in total. The minimum atomic E-state index is -0.671. The number of carbonyl (C=O) groups excluding carboxylic acids is 1. The summed E-state index contributed by atoms with van der Waals surface area (Å²) in [5, 5.41) is 11.8. The average molecular weight is 460 g/mol. The Balaban J connectivity index is 1.46. The molecule has 4 aromatic rings. The molecule has 1 aliphatic heterocycles. The lowest BCUT2D eigenvalue weighted by atomic mass is 9.92. The number of hydrogen-bond donors (Lipinski definition) is 2. The number of para-hydroxylation sites is 1. The van der Waals surface area contributed by atoms with Gasteiger partial charge in [0.25, 0.3) is 0 Å². The third-order valence-electron chi connectivity index (χ3n) is 6.30. The van der Waals surface area contributed by atoms with E-state index in [0.29, 0.717) is 18.7 Å². The van der Waals surface area contributed by atoms with Crippen molar-refractivity contribution in [2.24, 2.45) is 0 Å². The van der Waals surface area contributed by atoms with Crippen LogP contribution in [-0.4, -0.2) is 39.5 Å². The van der Waals surface area contributed by atoms with Crippen LogP contribution >= 0.6 is 0 Å². The number of fused-ring (bicyclic) bond motifs is 3. The van der Waals surface area contributed by atoms with Gasteiger partial charge < -0.3 is 24.1 Å². The van der Waals surface area contributed by atoms with Gasteiger partial charge in [-0.05, 0) is 29.7 Å². The molecule has 1 unspecified atom stereocenters. The second kappa shape index (κ2) is 9.15. The maximum absolute atomic E-state index is 13.5. The SMILES string of the molecule is COCc1cc(=O)c(O)c(C(CC(=O)N2CCc3c([nH]c4ccccc34)C2)c2cccnc2)o1. The molecule has 0 aliphatic carbocycles. The fourth-order valence-electron chi connectivity index (χ4n) is 4.66. The van der Waals surface area contributed by atoms with Crippen LogP contribution in [0.25, 0.3) is 10.9 Å². The Labute approximate surface area is 195 Å². The number of benzene rings is 1. The maximum atomic E-state index is 13.5. The van der Waals surface area contributed by atoms with E-state index in [0.717, 1.165) is 17.6 Å². The first kappa shape index (κ1) is 21.9. The number of pyridine rings is 1. The predicted octanol–water partition coefficient (Wildman–Crippen LogP) is 3.48. The third-order valence-corrected chi connectivity index (χ3v) is 6.30. The van der Waals surface area contributed by atoms with E-state index in [2.05, 4.69) is 16.0 Å². The Bertz CT molecular complexity index is 1390. The van der Waals surface area contributed by atoms with Crippen LogP contribution in [0.4, 0.5) is 0 Å². The van der Waals surface area contributed by atoms with Crippen molar-refractivity contribution in [3.63, 3.8) is 0 Å². The van der Waals surface area contributed by atoms with Gasteiger partial charge in [-0.1, -0.05) is 24.3 Å². The molecule has 0 fully saturated rings. The van der Waals surface area contributed by atoms with E-state index in [-0.39, 0.29) is 30.5 Å². The summed E-state index contributed by atoms with van der Waals surface area (Å²) in [5.74, 6) is -0.947. The van der Waals surface area contributed by atoms with Crippen LogP contribution in [0.3, 0.4) is 0 Å². The van der Waals surface area contributed by atoms with E-state index in [1.54, 1.807) is 29.4 Å². The Morgan fingerprint density at radius 2 is 2.15 bits per heavy atom. The van der Waals surface area contributed by atoms with Gasteiger partial charge in [0.1, 0.15) is 12.4 Å². The number of H-pyrrole nitrogens is 1. The topological polar surface area (TPSA) is 109 Å². The minimum absolute atomic E-state index is 0.0220. The van der Waals surface area contributed by atoms with Crippen molar-refractivity contribution in [3.05, 3.63) is 93.4 Å². The molecule has 4 heterocycles. The summed E-state index contributed by atoms with van der Waals surface area (Å²) in [6.07, 6.45) is 4.02. The van der Waals surface area contributed by atoms with Gasteiger partial charge in [0.2, 0.25) is 17.1 Å². The zero-order chi connectivity index (χ0) is 23.7. The van der Waals surface area contributed by atoms with Crippen LogP contribution in [0.2, 0.25) is 0 Å². The lowest BCUT2D eigenvalue weighted by molar-refractivity contribution is -0.132. The van der Waals surface area contributed by atoms with E-state index < -0.39 is 17.1 Å². The Hall–Kier alpha value is -3.91. The largest absolute Gasteiger partial charge is 0.502 e. The van der Waals surface area contributed by atoms with Gasteiger partial charge in [-0.25, -0.2) is 0 Å². The number of nitrogens with one attached hydrogen (secondary N) is 1. The molecule has 0 saturated carbocycles. The van der Waals surface area contributed by atoms with Crippen molar-refractivity contribution in [3.8, 4) is 5.75 Å². The molecule has 3 aromatic heterocycles. The predicted molar refractivity (Wildman–Crippen MR) is 125 cm³/mol. The summed E-state index contributed by atoms with van der Waals surface area (Å²) >= 11 is 0. The molecule has 1 amide bonds. The zero-order valence-corrected chi connectivity index (χ0v) is 18.8. The number of hydrogen-bond acceptors (Lipinski definition) is 6. The maximum Gasteiger partial charge on any atom is 0.227 e. The van der Waals surface area contributed by atoms with Crippen molar-refractivity contribution in [2.45, 2.75) is 31.9 Å². The molecule has 2 N–H and O–H groups in total. The van der Waals surface area contributed by atoms with E-state index in [1.165, 1.54) is 24.1 Å². The number of ether oxygens (including phenoxy) is 1. The van der Waals surface area contributed by atoms with Gasteiger partial charge in [-0.3, -0.25) is 14.6 Å². The molecular weight excluding hydrogens is 434 g/mol. The molecule has 34 heavy (non-hydrogen) atoms. The summed E-state index contributed by atoms with van der Waals surface area (Å²) < 4.78 is 10.9. The number of amides is 1. The lowest BCUT2D eigenvalue weighted by Crippen LogP contribution is -2.36. The standard InChI is InChI=1S/C26H25N3O5/c1-33-15-17-11-23(30)25(32)26(34-17)20(16-5-4-9-27-13-16)12-24(31)29-10-8-19-18-6-2-3-7-21(18)28-22(19)14-29/h2-7,9,11,13,20,28,32H,8,10,12,14-15H2,1H3. The van der Waals surface area contributed by atoms with Crippen LogP contribution in [0.15, 0.2) is 64.1 Å². The normalized spacial score (nSPS) is 14.2. The zero-order valence-electron chi connectivity index (χ0n) is 18.8. The summed E-state index contributed by atoms with van der Waals surface area (Å²) in [4.78, 5) is 35.3. The molecule has 1 aliphatic rings. The highest BCUT2D eigenvalue weighted by Gasteiger charge is 2.30. The first-order chi connectivity index (χ1) is 16.5. The number of nitrogens with zero attached hydrogens (tertiary/aromatic N) is 2. The highest BCUT2D eigenvalue weighted by Crippen LogP contribution is 2.34. The number of carbonyl (C=O) groups is 1. The molecule has 0 spiro atoms. The summed E-state index contributed by atoms with van der Waals surface area (Å²) in [7, 11) is 1.49. The van der Waals surface area contributed by atoms with E-state index in [9.17, 15) is 14.7 Å². The first-order valence-electron chi connectivity index (χ1n) is 11.2. The first-order valence-corrected chi connectivity index (χ1v) is 11.2. The summed E-state index contributed by atoms with van der Waals surface area (Å²) in [6.45, 7) is 1.14. The molecule has 174 valence electrons. The van der Waals surface area contributed by atoms with Crippen molar-refractivity contribution >= 4 is 16.8 Å². The fraction of sp³-hybridized carbons (Fsp3) is 0.269. The van der Waals surface area contributed by atoms with Crippen LogP contribution in [0.5, 0.6) is 5.75 Å². The third kappa shape index (κ3) is 4.08. The van der Waals surface area contributed by atoms with Gasteiger partial charge in [0.15, 0.2) is 5.76 Å². The summed E-state index contributed by atoms with van der Waals surface area (Å²) in [6, 6.07) is 12.9. The number of methoxy groups -OCH3 is 1. The smallest absolute Gasteiger partial charge is 0.227 e. The van der Waals surface area contributed by atoms with Crippen LogP contribution in [-0.2, 0) is 29.1 Å². The van der Waals surface area contributed by atoms with Crippen LogP contribution < -0.4 is 5.43 Å². The average Bonchev–Trinajstić information content (AvgIpc) is 3.23. The highest BCUT2D eigenvalue weighted by molar-refractivity contribution is 5.86. The molecule has 1 atom stereocenters. The van der Waals surface area contributed by atoms with Crippen molar-refractivity contribution in [2.75, 3.05) is 13.7 Å². The molecule has 5 rings (SSSR count). The van der Waals surface area contributed by atoms with Gasteiger partial charge in [-0.15, -0.1) is 0 Å². The number of rotatable bonds is 6. The van der Waals surface area contributed by atoms with Crippen molar-refractivity contribution < 1.29 is 19.1 Å². The second-order valence-electron chi connectivity index (χ2n) is 8.46. The van der Waals surface area contributed by atoms with Crippen molar-refractivity contribution in [1.82, 2.24) is 14.9 Å². The van der Waals surface area contributed by atoms with Crippen LogP contribution in [0, 0.1) is 0 Å². The Kier molecular flexibility index (Phi) is 5.90. The fourth-order valence-corrected chi connectivity index (χ4v) is 4.66. The lowest BCUT2D eigenvalue weighted by Gasteiger charge is -2.29. The van der Waals surface area contributed by atoms with Gasteiger partial charge in [-0.2, -0.15) is 0 Å². The van der Waals surface area contributed by atoms with Gasteiger partial charge >= 0.3 is 0 Å². The van der Waals surface area contributed by atoms with Gasteiger partial charge in [0.05, 0.1) is 12.5 Å². The molecule has 8 heteroatoms. The Morgan fingerprint density at radius 3 is 2.94 bits per heavy atom. The molecule has 0 bridgehead atoms. The van der Waals surface area contributed by atoms with E-state index in [4.69, 9.17) is 9.15 Å². The molecular formula is C26H25N3O5. The number of aromatic hydroxyl groups is 1. The number of aromatic amines is 1. The van der Waals surface area contributed by atoms with E-state index in [1.807, 2.05) is 18.2 Å². The minimum Gasteiger partial charge on any atom is -0.502 e. The van der Waals surface area contributed by atoms with Crippen molar-refractivity contribution in [1.29, 1.82) is 0 Å². The highest BCUT2D eigenvalue weighted by atomic mass is 16.5. The monoisotopic (exact) mass is 459 g/mol. The van der Waals surface area contributed by atoms with Gasteiger partial charge in [0, 0.05) is 55.1 Å².